The van der Waals surface area contributed by atoms with Crippen LogP contribution in [0.5, 0.6) is 0 Å². The van der Waals surface area contributed by atoms with Gasteiger partial charge in [0.1, 0.15) is 6.10 Å². The van der Waals surface area contributed by atoms with Gasteiger partial charge in [-0.1, -0.05) is 13.8 Å². The van der Waals surface area contributed by atoms with Gasteiger partial charge in [0, 0.05) is 13.7 Å². The summed E-state index contributed by atoms with van der Waals surface area (Å²) in [6.07, 6.45) is -0.952. The number of aliphatic hydroxyl groups is 1. The monoisotopic (exact) mass is 189 g/mol. The Balaban J connectivity index is 3.70. The summed E-state index contributed by atoms with van der Waals surface area (Å²) in [7, 11) is 1.48. The lowest BCUT2D eigenvalue weighted by Crippen LogP contribution is -2.40. The number of carbonyl (C=O) groups excluding carboxylic acids is 1. The van der Waals surface area contributed by atoms with Crippen molar-refractivity contribution in [2.24, 2.45) is 5.92 Å². The van der Waals surface area contributed by atoms with E-state index in [1.807, 2.05) is 13.8 Å². The van der Waals surface area contributed by atoms with Crippen molar-refractivity contribution in [1.82, 2.24) is 5.32 Å². The molecule has 0 aromatic heterocycles. The van der Waals surface area contributed by atoms with E-state index in [0.717, 1.165) is 0 Å². The van der Waals surface area contributed by atoms with Crippen molar-refractivity contribution in [1.29, 1.82) is 0 Å². The Morgan fingerprint density at radius 3 is 2.38 bits per heavy atom. The van der Waals surface area contributed by atoms with E-state index in [4.69, 9.17) is 4.74 Å². The normalized spacial score (nSPS) is 15.5. The van der Waals surface area contributed by atoms with E-state index < -0.39 is 12.2 Å². The molecule has 0 saturated heterocycles. The van der Waals surface area contributed by atoms with Gasteiger partial charge in [0.2, 0.25) is 5.91 Å². The van der Waals surface area contributed by atoms with Gasteiger partial charge in [0.05, 0.1) is 6.10 Å². The number of amides is 1. The molecule has 13 heavy (non-hydrogen) atoms. The SMILES string of the molecule is COC(C)C(=O)NCC(O)C(C)C. The maximum Gasteiger partial charge on any atom is 0.248 e. The smallest absolute Gasteiger partial charge is 0.248 e. The van der Waals surface area contributed by atoms with Gasteiger partial charge in [-0.15, -0.1) is 0 Å². The van der Waals surface area contributed by atoms with Crippen molar-refractivity contribution in [2.75, 3.05) is 13.7 Å². The molecule has 0 saturated carbocycles. The number of methoxy groups -OCH3 is 1. The molecule has 0 radical (unpaired) electrons. The molecule has 2 atom stereocenters. The van der Waals surface area contributed by atoms with E-state index in [1.165, 1.54) is 7.11 Å². The van der Waals surface area contributed by atoms with Gasteiger partial charge in [0.25, 0.3) is 0 Å². The first-order chi connectivity index (χ1) is 5.99. The number of hydrogen-bond acceptors (Lipinski definition) is 3. The van der Waals surface area contributed by atoms with Crippen LogP contribution in [0.2, 0.25) is 0 Å². The van der Waals surface area contributed by atoms with Crippen LogP contribution in [0, 0.1) is 5.92 Å². The molecule has 0 heterocycles. The Morgan fingerprint density at radius 1 is 1.46 bits per heavy atom. The number of nitrogens with one attached hydrogen (secondary N) is 1. The fourth-order valence-corrected chi connectivity index (χ4v) is 0.692. The van der Waals surface area contributed by atoms with E-state index in [2.05, 4.69) is 5.32 Å². The van der Waals surface area contributed by atoms with Crippen LogP contribution in [0.25, 0.3) is 0 Å². The summed E-state index contributed by atoms with van der Waals surface area (Å²) in [5, 5.41) is 12.0. The van der Waals surface area contributed by atoms with Crippen molar-refractivity contribution in [2.45, 2.75) is 33.0 Å². The molecule has 0 rings (SSSR count). The van der Waals surface area contributed by atoms with Crippen LogP contribution in [0.4, 0.5) is 0 Å². The minimum absolute atomic E-state index is 0.151. The predicted octanol–water partition coefficient (Wildman–Crippen LogP) is 0.154. The van der Waals surface area contributed by atoms with Crippen LogP contribution in [0.1, 0.15) is 20.8 Å². The second kappa shape index (κ2) is 5.94. The first-order valence-electron chi connectivity index (χ1n) is 4.47. The van der Waals surface area contributed by atoms with Crippen molar-refractivity contribution >= 4 is 5.91 Å². The highest BCUT2D eigenvalue weighted by atomic mass is 16.5. The Labute approximate surface area is 79.3 Å². The zero-order chi connectivity index (χ0) is 10.4. The third-order valence-electron chi connectivity index (χ3n) is 1.98. The summed E-state index contributed by atoms with van der Waals surface area (Å²) in [4.78, 5) is 11.2. The lowest BCUT2D eigenvalue weighted by Gasteiger charge is -2.16. The average Bonchev–Trinajstić information content (AvgIpc) is 2.11. The number of ether oxygens (including phenoxy) is 1. The third kappa shape index (κ3) is 4.85. The lowest BCUT2D eigenvalue weighted by molar-refractivity contribution is -0.130. The molecule has 1 amide bonds. The summed E-state index contributed by atoms with van der Waals surface area (Å²) in [6.45, 7) is 5.74. The van der Waals surface area contributed by atoms with Crippen LogP contribution >= 0.6 is 0 Å². The number of hydrogen-bond donors (Lipinski definition) is 2. The van der Waals surface area contributed by atoms with E-state index in [1.54, 1.807) is 6.92 Å². The predicted molar refractivity (Wildman–Crippen MR) is 50.3 cm³/mol. The zero-order valence-corrected chi connectivity index (χ0v) is 8.70. The fourth-order valence-electron chi connectivity index (χ4n) is 0.692. The molecule has 4 nitrogen and oxygen atoms in total. The molecule has 2 N–H and O–H groups in total. The summed E-state index contributed by atoms with van der Waals surface area (Å²) >= 11 is 0. The quantitative estimate of drug-likeness (QED) is 0.647. The summed E-state index contributed by atoms with van der Waals surface area (Å²) in [5.74, 6) is -0.0413. The largest absolute Gasteiger partial charge is 0.391 e. The number of aliphatic hydroxyl groups excluding tert-OH is 1. The molecule has 0 bridgehead atoms. The van der Waals surface area contributed by atoms with E-state index in [-0.39, 0.29) is 18.4 Å². The molecule has 4 heteroatoms. The van der Waals surface area contributed by atoms with Crippen molar-refractivity contribution < 1.29 is 14.6 Å². The van der Waals surface area contributed by atoms with E-state index in [0.29, 0.717) is 0 Å². The standard InChI is InChI=1S/C9H19NO3/c1-6(2)8(11)5-10-9(12)7(3)13-4/h6-8,11H,5H2,1-4H3,(H,10,12). The molecule has 0 aliphatic carbocycles. The van der Waals surface area contributed by atoms with Gasteiger partial charge in [0.15, 0.2) is 0 Å². The van der Waals surface area contributed by atoms with Crippen LogP contribution in [-0.2, 0) is 9.53 Å². The molecule has 78 valence electrons. The molecular formula is C9H19NO3. The van der Waals surface area contributed by atoms with Gasteiger partial charge in [-0.05, 0) is 12.8 Å². The Kier molecular flexibility index (Phi) is 5.66. The van der Waals surface area contributed by atoms with Crippen LogP contribution in [-0.4, -0.2) is 36.9 Å². The second-order valence-corrected chi connectivity index (χ2v) is 3.43. The Bertz CT molecular complexity index is 159. The molecule has 0 aliphatic rings. The third-order valence-corrected chi connectivity index (χ3v) is 1.98. The number of rotatable bonds is 5. The maximum atomic E-state index is 11.2. The Morgan fingerprint density at radius 2 is 2.00 bits per heavy atom. The molecule has 0 aliphatic heterocycles. The molecule has 0 fully saturated rings. The van der Waals surface area contributed by atoms with Crippen LogP contribution in [0.15, 0.2) is 0 Å². The second-order valence-electron chi connectivity index (χ2n) is 3.43. The first-order valence-corrected chi connectivity index (χ1v) is 4.47. The lowest BCUT2D eigenvalue weighted by atomic mass is 10.1. The Hall–Kier alpha value is -0.610. The minimum atomic E-state index is -0.493. The van der Waals surface area contributed by atoms with Crippen LogP contribution in [0.3, 0.4) is 0 Å². The zero-order valence-electron chi connectivity index (χ0n) is 8.70. The topological polar surface area (TPSA) is 58.6 Å². The maximum absolute atomic E-state index is 11.2. The van der Waals surface area contributed by atoms with Crippen LogP contribution < -0.4 is 5.32 Å². The highest BCUT2D eigenvalue weighted by Gasteiger charge is 2.14. The molecule has 2 unspecified atom stereocenters. The van der Waals surface area contributed by atoms with Gasteiger partial charge < -0.3 is 15.2 Å². The van der Waals surface area contributed by atoms with E-state index in [9.17, 15) is 9.90 Å². The van der Waals surface area contributed by atoms with E-state index >= 15 is 0 Å². The minimum Gasteiger partial charge on any atom is -0.391 e. The highest BCUT2D eigenvalue weighted by molar-refractivity contribution is 5.80. The van der Waals surface area contributed by atoms with Crippen molar-refractivity contribution in [3.8, 4) is 0 Å². The molecule has 0 spiro atoms. The summed E-state index contributed by atoms with van der Waals surface area (Å²) in [6, 6.07) is 0. The fraction of sp³-hybridized carbons (Fsp3) is 0.889. The molecular weight excluding hydrogens is 170 g/mol. The van der Waals surface area contributed by atoms with Crippen molar-refractivity contribution in [3.63, 3.8) is 0 Å². The summed E-state index contributed by atoms with van der Waals surface area (Å²) < 4.78 is 4.81. The van der Waals surface area contributed by atoms with Crippen molar-refractivity contribution in [3.05, 3.63) is 0 Å². The van der Waals surface area contributed by atoms with Gasteiger partial charge in [-0.3, -0.25) is 4.79 Å². The molecule has 0 aromatic rings. The molecule has 0 aromatic carbocycles. The van der Waals surface area contributed by atoms with Gasteiger partial charge in [-0.25, -0.2) is 0 Å². The highest BCUT2D eigenvalue weighted by Crippen LogP contribution is 1.99. The first kappa shape index (κ1) is 12.4. The number of carbonyl (C=O) groups is 1. The van der Waals surface area contributed by atoms with Gasteiger partial charge >= 0.3 is 0 Å². The van der Waals surface area contributed by atoms with Gasteiger partial charge in [-0.2, -0.15) is 0 Å². The average molecular weight is 189 g/mol. The summed E-state index contributed by atoms with van der Waals surface area (Å²) in [5.41, 5.74) is 0.